The number of methoxy groups -OCH3 is 1. The van der Waals surface area contributed by atoms with Crippen molar-refractivity contribution < 1.29 is 19.7 Å². The van der Waals surface area contributed by atoms with E-state index >= 15 is 0 Å². The van der Waals surface area contributed by atoms with E-state index in [1.165, 1.54) is 0 Å². The van der Waals surface area contributed by atoms with Crippen LogP contribution in [-0.2, 0) is 21.4 Å². The SMILES string of the molecule is COC1[C@H](C)CC2(Cc3ccc(-c4cc(C)cc(C#N)c4)cc3C23N=C(N)OC3(O)O)C[C@@H]1C. The third kappa shape index (κ3) is 3.02. The van der Waals surface area contributed by atoms with Crippen LogP contribution in [0.2, 0.25) is 0 Å². The first-order chi connectivity index (χ1) is 16.1. The molecular formula is C27H31N3O4. The van der Waals surface area contributed by atoms with Gasteiger partial charge in [-0.3, -0.25) is 0 Å². The molecule has 7 nitrogen and oxygen atoms in total. The average molecular weight is 462 g/mol. The third-order valence-electron chi connectivity index (χ3n) is 8.15. The lowest BCUT2D eigenvalue weighted by Crippen LogP contribution is -2.60. The second-order valence-corrected chi connectivity index (χ2v) is 10.5. The van der Waals surface area contributed by atoms with Gasteiger partial charge in [0, 0.05) is 12.5 Å². The molecule has 1 aliphatic heterocycles. The molecule has 1 heterocycles. The fourth-order valence-corrected chi connectivity index (χ4v) is 7.23. The van der Waals surface area contributed by atoms with Gasteiger partial charge in [-0.25, -0.2) is 4.99 Å². The number of aryl methyl sites for hydroxylation is 1. The molecule has 5 atom stereocenters. The Morgan fingerprint density at radius 2 is 1.82 bits per heavy atom. The quantitative estimate of drug-likeness (QED) is 0.590. The lowest BCUT2D eigenvalue weighted by atomic mass is 9.56. The Bertz CT molecular complexity index is 1220. The molecule has 1 fully saturated rings. The summed E-state index contributed by atoms with van der Waals surface area (Å²) in [5.74, 6) is -2.21. The van der Waals surface area contributed by atoms with Crippen molar-refractivity contribution in [2.75, 3.05) is 7.11 Å². The number of aliphatic hydroxyl groups is 2. The molecule has 3 aliphatic rings. The first-order valence-electron chi connectivity index (χ1n) is 11.7. The van der Waals surface area contributed by atoms with Crippen molar-refractivity contribution in [3.63, 3.8) is 0 Å². The molecule has 0 aromatic heterocycles. The van der Waals surface area contributed by atoms with Gasteiger partial charge in [0.2, 0.25) is 0 Å². The predicted molar refractivity (Wildman–Crippen MR) is 127 cm³/mol. The van der Waals surface area contributed by atoms with Gasteiger partial charge in [-0.2, -0.15) is 5.26 Å². The summed E-state index contributed by atoms with van der Waals surface area (Å²) in [6.07, 6.45) is 2.08. The molecule has 2 aliphatic carbocycles. The van der Waals surface area contributed by atoms with Crippen LogP contribution in [0.3, 0.4) is 0 Å². The Balaban J connectivity index is 1.71. The van der Waals surface area contributed by atoms with Crippen molar-refractivity contribution in [1.82, 2.24) is 0 Å². The number of nitriles is 1. The van der Waals surface area contributed by atoms with Crippen molar-refractivity contribution in [3.8, 4) is 17.2 Å². The molecule has 0 radical (unpaired) electrons. The van der Waals surface area contributed by atoms with Crippen LogP contribution in [0, 0.1) is 35.5 Å². The fraction of sp³-hybridized carbons (Fsp3) is 0.481. The summed E-state index contributed by atoms with van der Waals surface area (Å²) in [7, 11) is 1.73. The smallest absolute Gasteiger partial charge is 0.356 e. The first kappa shape index (κ1) is 22.9. The molecule has 3 unspecified atom stereocenters. The van der Waals surface area contributed by atoms with Crippen LogP contribution in [0.4, 0.5) is 0 Å². The van der Waals surface area contributed by atoms with Crippen molar-refractivity contribution in [3.05, 3.63) is 58.7 Å². The van der Waals surface area contributed by atoms with Crippen LogP contribution < -0.4 is 5.73 Å². The summed E-state index contributed by atoms with van der Waals surface area (Å²) < 4.78 is 11.1. The van der Waals surface area contributed by atoms with Gasteiger partial charge in [-0.05, 0) is 84.0 Å². The van der Waals surface area contributed by atoms with Crippen LogP contribution in [0.1, 0.15) is 48.9 Å². The van der Waals surface area contributed by atoms with Crippen molar-refractivity contribution >= 4 is 6.02 Å². The Hall–Kier alpha value is -2.92. The van der Waals surface area contributed by atoms with E-state index in [1.807, 2.05) is 43.3 Å². The highest BCUT2D eigenvalue weighted by atomic mass is 16.8. The largest absolute Gasteiger partial charge is 0.405 e. The number of hydrogen-bond acceptors (Lipinski definition) is 7. The lowest BCUT2D eigenvalue weighted by molar-refractivity contribution is -0.349. The Labute approximate surface area is 199 Å². The molecule has 0 amide bonds. The zero-order valence-electron chi connectivity index (χ0n) is 20.0. The minimum absolute atomic E-state index is 0.0779. The normalized spacial score (nSPS) is 33.4. The van der Waals surface area contributed by atoms with Crippen molar-refractivity contribution in [2.24, 2.45) is 28.0 Å². The number of hydrogen-bond donors (Lipinski definition) is 3. The Morgan fingerprint density at radius 1 is 1.12 bits per heavy atom. The van der Waals surface area contributed by atoms with Gasteiger partial charge in [0.05, 0.1) is 17.7 Å². The maximum Gasteiger partial charge on any atom is 0.356 e. The maximum absolute atomic E-state index is 11.3. The van der Waals surface area contributed by atoms with Crippen LogP contribution in [0.5, 0.6) is 0 Å². The van der Waals surface area contributed by atoms with E-state index in [4.69, 9.17) is 15.2 Å². The number of fused-ring (bicyclic) bond motifs is 3. The number of amidine groups is 1. The molecule has 2 aromatic carbocycles. The van der Waals surface area contributed by atoms with E-state index in [9.17, 15) is 15.5 Å². The molecule has 34 heavy (non-hydrogen) atoms. The number of benzene rings is 2. The number of ether oxygens (including phenoxy) is 2. The highest BCUT2D eigenvalue weighted by molar-refractivity contribution is 5.77. The third-order valence-corrected chi connectivity index (χ3v) is 8.15. The zero-order chi connectivity index (χ0) is 24.5. The van der Waals surface area contributed by atoms with Crippen molar-refractivity contribution in [1.29, 1.82) is 5.26 Å². The van der Waals surface area contributed by atoms with E-state index in [0.717, 1.165) is 22.3 Å². The van der Waals surface area contributed by atoms with Crippen LogP contribution in [-0.4, -0.2) is 35.4 Å². The standard InChI is InChI=1S/C27H31N3O4/c1-15-7-18(14-28)9-21(8-15)19-5-6-20-13-25(11-16(2)23(33-4)17(3)12-25)26(22(20)10-19)27(31,32)34-24(29)30-26/h5-10,16-17,23,31-32H,11-13H2,1-4H3,(H2,29,30)/t16-,17+,23?,25?,26?. The number of aliphatic imine (C=N–C) groups is 1. The zero-order valence-corrected chi connectivity index (χ0v) is 20.0. The molecule has 7 heteroatoms. The van der Waals surface area contributed by atoms with E-state index in [-0.39, 0.29) is 24.0 Å². The molecular weight excluding hydrogens is 430 g/mol. The molecule has 5 rings (SSSR count). The van der Waals surface area contributed by atoms with Gasteiger partial charge < -0.3 is 25.4 Å². The summed E-state index contributed by atoms with van der Waals surface area (Å²) in [5, 5.41) is 32.1. The minimum atomic E-state index is -2.58. The van der Waals surface area contributed by atoms with Gasteiger partial charge in [-0.15, -0.1) is 0 Å². The summed E-state index contributed by atoms with van der Waals surface area (Å²) in [4.78, 5) is 4.68. The molecule has 0 saturated heterocycles. The molecule has 4 N–H and O–H groups in total. The van der Waals surface area contributed by atoms with E-state index in [2.05, 4.69) is 24.9 Å². The van der Waals surface area contributed by atoms with Crippen LogP contribution in [0.25, 0.3) is 11.1 Å². The molecule has 2 spiro atoms. The second-order valence-electron chi connectivity index (χ2n) is 10.5. The monoisotopic (exact) mass is 461 g/mol. The van der Waals surface area contributed by atoms with E-state index < -0.39 is 16.9 Å². The van der Waals surface area contributed by atoms with Crippen molar-refractivity contribution in [2.45, 2.75) is 57.6 Å². The minimum Gasteiger partial charge on any atom is -0.405 e. The summed E-state index contributed by atoms with van der Waals surface area (Å²) in [5.41, 5.74) is 8.96. The molecule has 1 saturated carbocycles. The number of rotatable bonds is 2. The summed E-state index contributed by atoms with van der Waals surface area (Å²) in [6.45, 7) is 6.24. The first-order valence-corrected chi connectivity index (χ1v) is 11.7. The average Bonchev–Trinajstić information content (AvgIpc) is 3.16. The van der Waals surface area contributed by atoms with Gasteiger partial charge in [-0.1, -0.05) is 32.0 Å². The van der Waals surface area contributed by atoms with Gasteiger partial charge >= 0.3 is 5.97 Å². The summed E-state index contributed by atoms with van der Waals surface area (Å²) >= 11 is 0. The van der Waals surface area contributed by atoms with Crippen LogP contribution >= 0.6 is 0 Å². The van der Waals surface area contributed by atoms with Gasteiger partial charge in [0.25, 0.3) is 6.02 Å². The molecule has 2 aromatic rings. The van der Waals surface area contributed by atoms with Gasteiger partial charge in [0.15, 0.2) is 5.54 Å². The topological polar surface area (TPSA) is 121 Å². The highest BCUT2D eigenvalue weighted by Gasteiger charge is 2.73. The van der Waals surface area contributed by atoms with E-state index in [0.29, 0.717) is 30.4 Å². The second kappa shape index (κ2) is 7.54. The summed E-state index contributed by atoms with van der Waals surface area (Å²) in [6, 6.07) is 13.7. The molecule has 0 bridgehead atoms. The van der Waals surface area contributed by atoms with Crippen LogP contribution in [0.15, 0.2) is 41.4 Å². The lowest BCUT2D eigenvalue weighted by Gasteiger charge is -2.52. The Morgan fingerprint density at radius 3 is 2.41 bits per heavy atom. The fourth-order valence-electron chi connectivity index (χ4n) is 7.23. The Kier molecular flexibility index (Phi) is 5.07. The number of nitrogens with two attached hydrogens (primary N) is 1. The maximum atomic E-state index is 11.3. The highest BCUT2D eigenvalue weighted by Crippen LogP contribution is 2.66. The number of nitrogens with zero attached hydrogens (tertiary/aromatic N) is 2. The predicted octanol–water partition coefficient (Wildman–Crippen LogP) is 3.34. The van der Waals surface area contributed by atoms with Gasteiger partial charge in [0.1, 0.15) is 0 Å². The molecule has 178 valence electrons. The van der Waals surface area contributed by atoms with E-state index in [1.54, 1.807) is 7.11 Å².